The van der Waals surface area contributed by atoms with Gasteiger partial charge in [-0.3, -0.25) is 0 Å². The summed E-state index contributed by atoms with van der Waals surface area (Å²) in [4.78, 5) is 4.35. The van der Waals surface area contributed by atoms with Crippen molar-refractivity contribution in [3.8, 4) is 0 Å². The van der Waals surface area contributed by atoms with Crippen molar-refractivity contribution in [1.82, 2.24) is 14.9 Å². The summed E-state index contributed by atoms with van der Waals surface area (Å²) in [5.41, 5.74) is 1.34. The number of ether oxygens (including phenoxy) is 1. The van der Waals surface area contributed by atoms with E-state index in [1.807, 2.05) is 19.6 Å². The minimum atomic E-state index is 0.365. The molecule has 3 atom stereocenters. The molecule has 0 bridgehead atoms. The predicted molar refractivity (Wildman–Crippen MR) is 65.9 cm³/mol. The molecule has 17 heavy (non-hydrogen) atoms. The number of methoxy groups -OCH3 is 1. The summed E-state index contributed by atoms with van der Waals surface area (Å²) < 4.78 is 7.95. The molecule has 0 amide bonds. The molecule has 1 aliphatic carbocycles. The first-order valence-corrected chi connectivity index (χ1v) is 6.68. The van der Waals surface area contributed by atoms with Crippen LogP contribution in [0.1, 0.15) is 49.9 Å². The highest BCUT2D eigenvalue weighted by atomic mass is 16.5. The first-order valence-electron chi connectivity index (χ1n) is 6.68. The number of aromatic nitrogens is 2. The fraction of sp³-hybridized carbons (Fsp3) is 0.769. The highest BCUT2D eigenvalue weighted by Crippen LogP contribution is 2.35. The predicted octanol–water partition coefficient (Wildman–Crippen LogP) is 2.05. The topological polar surface area (TPSA) is 39.1 Å². The summed E-state index contributed by atoms with van der Waals surface area (Å²) >= 11 is 0. The minimum Gasteiger partial charge on any atom is -0.379 e. The van der Waals surface area contributed by atoms with Gasteiger partial charge in [-0.15, -0.1) is 0 Å². The van der Waals surface area contributed by atoms with E-state index in [4.69, 9.17) is 4.74 Å². The Kier molecular flexibility index (Phi) is 3.16. The Morgan fingerprint density at radius 1 is 1.35 bits per heavy atom. The molecule has 1 N–H and O–H groups in total. The lowest BCUT2D eigenvalue weighted by Crippen LogP contribution is -2.24. The third-order valence-corrected chi connectivity index (χ3v) is 4.19. The number of nitrogens with one attached hydrogen (secondary N) is 1. The molecule has 1 saturated carbocycles. The zero-order valence-corrected chi connectivity index (χ0v) is 10.4. The van der Waals surface area contributed by atoms with Crippen molar-refractivity contribution in [2.75, 3.05) is 13.7 Å². The van der Waals surface area contributed by atoms with Gasteiger partial charge in [0.1, 0.15) is 0 Å². The lowest BCUT2D eigenvalue weighted by atomic mass is 10.1. The second-order valence-electron chi connectivity index (χ2n) is 5.15. The van der Waals surface area contributed by atoms with Crippen molar-refractivity contribution in [3.05, 3.63) is 18.2 Å². The van der Waals surface area contributed by atoms with Crippen molar-refractivity contribution >= 4 is 0 Å². The largest absolute Gasteiger partial charge is 0.379 e. The van der Waals surface area contributed by atoms with Crippen molar-refractivity contribution in [2.24, 2.45) is 0 Å². The zero-order valence-electron chi connectivity index (χ0n) is 10.4. The third-order valence-electron chi connectivity index (χ3n) is 4.19. The van der Waals surface area contributed by atoms with Crippen LogP contribution in [0.3, 0.4) is 0 Å². The second-order valence-corrected chi connectivity index (χ2v) is 5.15. The van der Waals surface area contributed by atoms with Crippen LogP contribution in [0.5, 0.6) is 0 Å². The maximum absolute atomic E-state index is 5.60. The van der Waals surface area contributed by atoms with E-state index in [1.165, 1.54) is 37.8 Å². The maximum atomic E-state index is 5.60. The Morgan fingerprint density at radius 3 is 3.06 bits per heavy atom. The molecule has 0 aromatic carbocycles. The van der Waals surface area contributed by atoms with E-state index < -0.39 is 0 Å². The molecular weight excluding hydrogens is 214 g/mol. The summed E-state index contributed by atoms with van der Waals surface area (Å²) in [6.45, 7) is 1.13. The molecule has 1 saturated heterocycles. The van der Waals surface area contributed by atoms with E-state index in [1.54, 1.807) is 0 Å². The lowest BCUT2D eigenvalue weighted by Gasteiger charge is -2.24. The van der Waals surface area contributed by atoms with Gasteiger partial charge in [0.25, 0.3) is 0 Å². The van der Waals surface area contributed by atoms with Crippen molar-refractivity contribution < 1.29 is 4.74 Å². The highest BCUT2D eigenvalue weighted by Gasteiger charge is 2.31. The summed E-state index contributed by atoms with van der Waals surface area (Å²) in [7, 11) is 1.83. The van der Waals surface area contributed by atoms with Crippen LogP contribution in [-0.4, -0.2) is 29.3 Å². The summed E-state index contributed by atoms with van der Waals surface area (Å²) in [6, 6.07) is 0.982. The van der Waals surface area contributed by atoms with Gasteiger partial charge in [-0.05, 0) is 38.6 Å². The molecule has 1 aliphatic heterocycles. The van der Waals surface area contributed by atoms with E-state index >= 15 is 0 Å². The van der Waals surface area contributed by atoms with Gasteiger partial charge in [0.2, 0.25) is 0 Å². The van der Waals surface area contributed by atoms with Gasteiger partial charge < -0.3 is 14.6 Å². The zero-order chi connectivity index (χ0) is 11.7. The van der Waals surface area contributed by atoms with Gasteiger partial charge >= 0.3 is 0 Å². The normalized spacial score (nSPS) is 33.4. The number of imidazole rings is 1. The molecule has 2 unspecified atom stereocenters. The van der Waals surface area contributed by atoms with E-state index in [2.05, 4.69) is 14.9 Å². The molecule has 0 radical (unpaired) electrons. The van der Waals surface area contributed by atoms with Crippen LogP contribution in [0, 0.1) is 0 Å². The van der Waals surface area contributed by atoms with Crippen molar-refractivity contribution in [3.63, 3.8) is 0 Å². The first kappa shape index (κ1) is 11.2. The highest BCUT2D eigenvalue weighted by molar-refractivity contribution is 5.10. The summed E-state index contributed by atoms with van der Waals surface area (Å²) in [5.74, 6) is 0. The Hall–Kier alpha value is -0.870. The average molecular weight is 235 g/mol. The molecule has 4 heteroatoms. The molecule has 2 fully saturated rings. The number of hydrogen-bond acceptors (Lipinski definition) is 3. The summed E-state index contributed by atoms with van der Waals surface area (Å²) in [5, 5.41) is 3.55. The van der Waals surface area contributed by atoms with Gasteiger partial charge in [-0.2, -0.15) is 0 Å². The molecule has 2 heterocycles. The monoisotopic (exact) mass is 235 g/mol. The van der Waals surface area contributed by atoms with Crippen LogP contribution in [0.2, 0.25) is 0 Å². The van der Waals surface area contributed by atoms with E-state index in [9.17, 15) is 0 Å². The minimum absolute atomic E-state index is 0.365. The van der Waals surface area contributed by atoms with Crippen LogP contribution in [0.25, 0.3) is 0 Å². The standard InChI is InChI=1S/C13H21N3O/c1-17-13-6-2-5-11(13)16-9-14-8-12(16)10-4-3-7-15-10/h8-11,13,15H,2-7H2,1H3/t10-,11?,13?/m0/s1. The summed E-state index contributed by atoms with van der Waals surface area (Å²) in [6.07, 6.45) is 10.5. The molecule has 2 aliphatic rings. The Labute approximate surface area is 102 Å². The Balaban J connectivity index is 1.84. The smallest absolute Gasteiger partial charge is 0.0952 e. The van der Waals surface area contributed by atoms with E-state index in [0.29, 0.717) is 18.2 Å². The van der Waals surface area contributed by atoms with Crippen molar-refractivity contribution in [1.29, 1.82) is 0 Å². The van der Waals surface area contributed by atoms with Gasteiger partial charge in [0.15, 0.2) is 0 Å². The van der Waals surface area contributed by atoms with Gasteiger partial charge in [0.05, 0.1) is 24.2 Å². The average Bonchev–Trinajstić information content (AvgIpc) is 3.09. The first-order chi connectivity index (χ1) is 8.40. The number of hydrogen-bond donors (Lipinski definition) is 1. The van der Waals surface area contributed by atoms with Crippen LogP contribution >= 0.6 is 0 Å². The van der Waals surface area contributed by atoms with Crippen LogP contribution in [0.4, 0.5) is 0 Å². The Bertz CT molecular complexity index is 370. The van der Waals surface area contributed by atoms with Crippen LogP contribution in [-0.2, 0) is 4.74 Å². The maximum Gasteiger partial charge on any atom is 0.0952 e. The molecule has 1 aromatic rings. The Morgan fingerprint density at radius 2 is 2.29 bits per heavy atom. The fourth-order valence-corrected chi connectivity index (χ4v) is 3.30. The van der Waals surface area contributed by atoms with Crippen molar-refractivity contribution in [2.45, 2.75) is 50.3 Å². The van der Waals surface area contributed by atoms with Crippen LogP contribution in [0.15, 0.2) is 12.5 Å². The van der Waals surface area contributed by atoms with E-state index in [0.717, 1.165) is 6.54 Å². The molecule has 4 nitrogen and oxygen atoms in total. The van der Waals surface area contributed by atoms with Gasteiger partial charge in [-0.25, -0.2) is 4.98 Å². The lowest BCUT2D eigenvalue weighted by molar-refractivity contribution is 0.0736. The van der Waals surface area contributed by atoms with E-state index in [-0.39, 0.29) is 0 Å². The second kappa shape index (κ2) is 4.78. The molecule has 1 aromatic heterocycles. The fourth-order valence-electron chi connectivity index (χ4n) is 3.30. The number of rotatable bonds is 3. The quantitative estimate of drug-likeness (QED) is 0.871. The van der Waals surface area contributed by atoms with Gasteiger partial charge in [0, 0.05) is 19.3 Å². The molecule has 94 valence electrons. The van der Waals surface area contributed by atoms with Gasteiger partial charge in [-0.1, -0.05) is 0 Å². The van der Waals surface area contributed by atoms with Crippen LogP contribution < -0.4 is 5.32 Å². The molecule has 3 rings (SSSR count). The molecular formula is C13H21N3O. The molecule has 0 spiro atoms. The number of nitrogens with zero attached hydrogens (tertiary/aromatic N) is 2. The SMILES string of the molecule is COC1CCCC1n1cncc1[C@@H]1CCCN1. The third kappa shape index (κ3) is 2.00.